The van der Waals surface area contributed by atoms with Crippen molar-refractivity contribution in [3.05, 3.63) is 30.1 Å². The number of rotatable bonds is 5. The van der Waals surface area contributed by atoms with Crippen molar-refractivity contribution in [2.45, 2.75) is 20.3 Å². The van der Waals surface area contributed by atoms with Gasteiger partial charge in [0, 0.05) is 19.2 Å². The Morgan fingerprint density at radius 3 is 2.94 bits per heavy atom. The largest absolute Gasteiger partial charge is 0.350 e. The summed E-state index contributed by atoms with van der Waals surface area (Å²) in [6.45, 7) is 8.48. The molecule has 0 aliphatic heterocycles. The molecule has 16 heavy (non-hydrogen) atoms. The second-order valence-electron chi connectivity index (χ2n) is 4.24. The van der Waals surface area contributed by atoms with Crippen LogP contribution in [0, 0.1) is 5.92 Å². The van der Waals surface area contributed by atoms with E-state index in [1.807, 2.05) is 0 Å². The summed E-state index contributed by atoms with van der Waals surface area (Å²) >= 11 is 0. The summed E-state index contributed by atoms with van der Waals surface area (Å²) in [6, 6.07) is 0. The van der Waals surface area contributed by atoms with Crippen molar-refractivity contribution in [3.8, 4) is 0 Å². The Labute approximate surface area is 96.3 Å². The van der Waals surface area contributed by atoms with Gasteiger partial charge in [0.25, 0.3) is 5.91 Å². The van der Waals surface area contributed by atoms with Crippen molar-refractivity contribution < 1.29 is 4.79 Å². The zero-order chi connectivity index (χ0) is 12.1. The SMILES string of the molecule is C=CCc1cnn(C)c1C(=O)NCC(C)C. The van der Waals surface area contributed by atoms with Gasteiger partial charge in [-0.3, -0.25) is 9.48 Å². The summed E-state index contributed by atoms with van der Waals surface area (Å²) in [5, 5.41) is 6.98. The molecular weight excluding hydrogens is 202 g/mol. The van der Waals surface area contributed by atoms with E-state index in [0.29, 0.717) is 24.6 Å². The molecule has 0 unspecified atom stereocenters. The predicted molar refractivity (Wildman–Crippen MR) is 64.3 cm³/mol. The number of hydrogen-bond donors (Lipinski definition) is 1. The Hall–Kier alpha value is -1.58. The van der Waals surface area contributed by atoms with Gasteiger partial charge in [-0.05, 0) is 12.3 Å². The summed E-state index contributed by atoms with van der Waals surface area (Å²) in [5.41, 5.74) is 1.54. The van der Waals surface area contributed by atoms with Crippen LogP contribution in [-0.2, 0) is 13.5 Å². The van der Waals surface area contributed by atoms with Crippen LogP contribution in [0.15, 0.2) is 18.9 Å². The van der Waals surface area contributed by atoms with Gasteiger partial charge in [-0.15, -0.1) is 6.58 Å². The number of hydrogen-bond acceptors (Lipinski definition) is 2. The lowest BCUT2D eigenvalue weighted by molar-refractivity contribution is 0.0938. The van der Waals surface area contributed by atoms with Crippen LogP contribution < -0.4 is 5.32 Å². The van der Waals surface area contributed by atoms with E-state index in [0.717, 1.165) is 5.56 Å². The van der Waals surface area contributed by atoms with E-state index in [2.05, 4.69) is 30.8 Å². The highest BCUT2D eigenvalue weighted by Gasteiger charge is 2.15. The molecule has 0 aliphatic carbocycles. The maximum Gasteiger partial charge on any atom is 0.269 e. The maximum absolute atomic E-state index is 11.9. The zero-order valence-electron chi connectivity index (χ0n) is 10.2. The number of carbonyl (C=O) groups excluding carboxylic acids is 1. The zero-order valence-corrected chi connectivity index (χ0v) is 10.2. The Bertz CT molecular complexity index is 380. The number of nitrogens with one attached hydrogen (secondary N) is 1. The van der Waals surface area contributed by atoms with Gasteiger partial charge in [-0.2, -0.15) is 5.10 Å². The highest BCUT2D eigenvalue weighted by atomic mass is 16.2. The molecule has 1 aromatic heterocycles. The fourth-order valence-electron chi connectivity index (χ4n) is 1.46. The summed E-state index contributed by atoms with van der Waals surface area (Å²) in [7, 11) is 1.77. The molecule has 0 bridgehead atoms. The molecule has 0 fully saturated rings. The molecule has 4 nitrogen and oxygen atoms in total. The van der Waals surface area contributed by atoms with E-state index in [-0.39, 0.29) is 5.91 Å². The van der Waals surface area contributed by atoms with Crippen LogP contribution in [0.4, 0.5) is 0 Å². The van der Waals surface area contributed by atoms with E-state index in [1.165, 1.54) is 0 Å². The van der Waals surface area contributed by atoms with E-state index < -0.39 is 0 Å². The molecule has 0 atom stereocenters. The fourth-order valence-corrected chi connectivity index (χ4v) is 1.46. The highest BCUT2D eigenvalue weighted by Crippen LogP contribution is 2.08. The third-order valence-electron chi connectivity index (χ3n) is 2.26. The quantitative estimate of drug-likeness (QED) is 0.766. The van der Waals surface area contributed by atoms with Gasteiger partial charge < -0.3 is 5.32 Å². The molecule has 0 aromatic carbocycles. The van der Waals surface area contributed by atoms with Gasteiger partial charge in [-0.25, -0.2) is 0 Å². The molecule has 1 rings (SSSR count). The van der Waals surface area contributed by atoms with Gasteiger partial charge in [0.15, 0.2) is 0 Å². The van der Waals surface area contributed by atoms with Gasteiger partial charge in [0.2, 0.25) is 0 Å². The molecule has 1 heterocycles. The topological polar surface area (TPSA) is 46.9 Å². The van der Waals surface area contributed by atoms with Crippen LogP contribution in [0.3, 0.4) is 0 Å². The fraction of sp³-hybridized carbons (Fsp3) is 0.500. The van der Waals surface area contributed by atoms with Crippen molar-refractivity contribution >= 4 is 5.91 Å². The summed E-state index contributed by atoms with van der Waals surface area (Å²) in [6.07, 6.45) is 4.15. The molecule has 0 spiro atoms. The first-order valence-electron chi connectivity index (χ1n) is 5.46. The number of nitrogens with zero attached hydrogens (tertiary/aromatic N) is 2. The number of aryl methyl sites for hydroxylation is 1. The lowest BCUT2D eigenvalue weighted by Crippen LogP contribution is -2.29. The molecule has 0 saturated carbocycles. The van der Waals surface area contributed by atoms with Crippen molar-refractivity contribution in [2.75, 3.05) is 6.54 Å². The first-order chi connectivity index (χ1) is 7.56. The van der Waals surface area contributed by atoms with Crippen molar-refractivity contribution in [1.29, 1.82) is 0 Å². The van der Waals surface area contributed by atoms with Crippen LogP contribution in [0.5, 0.6) is 0 Å². The maximum atomic E-state index is 11.9. The molecule has 4 heteroatoms. The van der Waals surface area contributed by atoms with Gasteiger partial charge >= 0.3 is 0 Å². The molecule has 0 aliphatic rings. The lowest BCUT2D eigenvalue weighted by Gasteiger charge is -2.09. The molecule has 0 radical (unpaired) electrons. The minimum absolute atomic E-state index is 0.0643. The van der Waals surface area contributed by atoms with Crippen LogP contribution in [0.1, 0.15) is 29.9 Å². The molecule has 1 N–H and O–H groups in total. The number of carbonyl (C=O) groups is 1. The molecule has 1 aromatic rings. The van der Waals surface area contributed by atoms with Crippen molar-refractivity contribution in [2.24, 2.45) is 13.0 Å². The van der Waals surface area contributed by atoms with Crippen LogP contribution in [-0.4, -0.2) is 22.2 Å². The van der Waals surface area contributed by atoms with E-state index in [1.54, 1.807) is 24.0 Å². The normalized spacial score (nSPS) is 10.5. The van der Waals surface area contributed by atoms with Gasteiger partial charge in [0.05, 0.1) is 6.20 Å². The summed E-state index contributed by atoms with van der Waals surface area (Å²) < 4.78 is 1.61. The average molecular weight is 221 g/mol. The van der Waals surface area contributed by atoms with Crippen LogP contribution in [0.2, 0.25) is 0 Å². The average Bonchev–Trinajstić information content (AvgIpc) is 2.57. The minimum atomic E-state index is -0.0643. The van der Waals surface area contributed by atoms with E-state index >= 15 is 0 Å². The van der Waals surface area contributed by atoms with Crippen LogP contribution >= 0.6 is 0 Å². The van der Waals surface area contributed by atoms with Crippen molar-refractivity contribution in [3.63, 3.8) is 0 Å². The smallest absolute Gasteiger partial charge is 0.269 e. The Morgan fingerprint density at radius 2 is 2.38 bits per heavy atom. The van der Waals surface area contributed by atoms with E-state index in [4.69, 9.17) is 0 Å². The standard InChI is InChI=1S/C12H19N3O/c1-5-6-10-8-14-15(4)11(10)12(16)13-7-9(2)3/h5,8-9H,1,6-7H2,2-4H3,(H,13,16). The summed E-state index contributed by atoms with van der Waals surface area (Å²) in [4.78, 5) is 11.9. The van der Waals surface area contributed by atoms with Crippen molar-refractivity contribution in [1.82, 2.24) is 15.1 Å². The second-order valence-corrected chi connectivity index (χ2v) is 4.24. The second kappa shape index (κ2) is 5.49. The lowest BCUT2D eigenvalue weighted by atomic mass is 10.1. The predicted octanol–water partition coefficient (Wildman–Crippen LogP) is 1.53. The molecular formula is C12H19N3O. The van der Waals surface area contributed by atoms with Crippen LogP contribution in [0.25, 0.3) is 0 Å². The van der Waals surface area contributed by atoms with Gasteiger partial charge in [-0.1, -0.05) is 19.9 Å². The molecule has 88 valence electrons. The number of allylic oxidation sites excluding steroid dienone is 1. The Morgan fingerprint density at radius 1 is 1.69 bits per heavy atom. The van der Waals surface area contributed by atoms with Gasteiger partial charge in [0.1, 0.15) is 5.69 Å². The third-order valence-corrected chi connectivity index (χ3v) is 2.26. The first-order valence-corrected chi connectivity index (χ1v) is 5.46. The molecule has 1 amide bonds. The third kappa shape index (κ3) is 2.95. The van der Waals surface area contributed by atoms with E-state index in [9.17, 15) is 4.79 Å². The molecule has 0 saturated heterocycles. The first kappa shape index (κ1) is 12.5. The minimum Gasteiger partial charge on any atom is -0.350 e. The number of amides is 1. The number of aromatic nitrogens is 2. The Balaban J connectivity index is 2.80. The summed E-state index contributed by atoms with van der Waals surface area (Å²) in [5.74, 6) is 0.380. The monoisotopic (exact) mass is 221 g/mol. The highest BCUT2D eigenvalue weighted by molar-refractivity contribution is 5.94. The Kier molecular flexibility index (Phi) is 4.28.